The summed E-state index contributed by atoms with van der Waals surface area (Å²) in [6, 6.07) is 17.7. The summed E-state index contributed by atoms with van der Waals surface area (Å²) in [7, 11) is 1.60. The molecular formula is C22H21N3O4. The largest absolute Gasteiger partial charge is 0.497 e. The molecule has 148 valence electrons. The van der Waals surface area contributed by atoms with Gasteiger partial charge in [-0.05, 0) is 54.4 Å². The molecule has 7 heteroatoms. The van der Waals surface area contributed by atoms with Crippen LogP contribution in [0.2, 0.25) is 0 Å². The quantitative estimate of drug-likeness (QED) is 0.475. The molecule has 0 spiro atoms. The topological polar surface area (TPSA) is 92.9 Å². The van der Waals surface area contributed by atoms with E-state index in [2.05, 4.69) is 15.8 Å². The SMILES string of the molecule is COc1ccc(CC(=O)N/N=C(\C)c2ccc(NC(=O)c3ccco3)cc2)cc1. The highest BCUT2D eigenvalue weighted by molar-refractivity contribution is 6.03. The average Bonchev–Trinajstić information content (AvgIpc) is 3.28. The molecule has 0 aliphatic rings. The summed E-state index contributed by atoms with van der Waals surface area (Å²) < 4.78 is 10.2. The molecule has 0 unspecified atom stereocenters. The third-order valence-corrected chi connectivity index (χ3v) is 4.18. The number of anilines is 1. The molecule has 0 bridgehead atoms. The van der Waals surface area contributed by atoms with Crippen LogP contribution in [0.5, 0.6) is 5.75 Å². The molecular weight excluding hydrogens is 370 g/mol. The van der Waals surface area contributed by atoms with E-state index in [1.54, 1.807) is 38.3 Å². The number of nitrogens with one attached hydrogen (secondary N) is 2. The van der Waals surface area contributed by atoms with E-state index in [1.165, 1.54) is 6.26 Å². The molecule has 0 aliphatic heterocycles. The Balaban J connectivity index is 1.54. The van der Waals surface area contributed by atoms with E-state index in [1.807, 2.05) is 36.4 Å². The Morgan fingerprint density at radius 2 is 1.76 bits per heavy atom. The van der Waals surface area contributed by atoms with Gasteiger partial charge in [-0.1, -0.05) is 24.3 Å². The molecule has 1 heterocycles. The number of ether oxygens (including phenoxy) is 1. The third kappa shape index (κ3) is 5.55. The van der Waals surface area contributed by atoms with E-state index in [0.29, 0.717) is 11.4 Å². The van der Waals surface area contributed by atoms with Crippen molar-refractivity contribution in [2.45, 2.75) is 13.3 Å². The van der Waals surface area contributed by atoms with Crippen molar-refractivity contribution in [1.82, 2.24) is 5.43 Å². The number of carbonyl (C=O) groups is 2. The Bertz CT molecular complexity index is 992. The molecule has 1 aromatic heterocycles. The van der Waals surface area contributed by atoms with Gasteiger partial charge in [0.1, 0.15) is 5.75 Å². The van der Waals surface area contributed by atoms with Crippen LogP contribution in [0.15, 0.2) is 76.4 Å². The molecule has 0 saturated heterocycles. The van der Waals surface area contributed by atoms with Crippen molar-refractivity contribution in [1.29, 1.82) is 0 Å². The Morgan fingerprint density at radius 1 is 1.03 bits per heavy atom. The molecule has 7 nitrogen and oxygen atoms in total. The summed E-state index contributed by atoms with van der Waals surface area (Å²) in [4.78, 5) is 24.1. The number of hydrazone groups is 1. The van der Waals surface area contributed by atoms with Gasteiger partial charge in [0.15, 0.2) is 5.76 Å². The number of furan rings is 1. The summed E-state index contributed by atoms with van der Waals surface area (Å²) in [6.45, 7) is 1.80. The molecule has 3 aromatic rings. The maximum absolute atomic E-state index is 12.1. The van der Waals surface area contributed by atoms with Crippen LogP contribution >= 0.6 is 0 Å². The van der Waals surface area contributed by atoms with Crippen LogP contribution in [-0.4, -0.2) is 24.6 Å². The fourth-order valence-electron chi connectivity index (χ4n) is 2.57. The van der Waals surface area contributed by atoms with Crippen LogP contribution in [0.4, 0.5) is 5.69 Å². The summed E-state index contributed by atoms with van der Waals surface area (Å²) in [5, 5.41) is 6.89. The molecule has 0 radical (unpaired) electrons. The number of carbonyl (C=O) groups excluding carboxylic acids is 2. The van der Waals surface area contributed by atoms with Crippen LogP contribution in [0.1, 0.15) is 28.6 Å². The van der Waals surface area contributed by atoms with E-state index in [0.717, 1.165) is 16.9 Å². The molecule has 2 amide bonds. The van der Waals surface area contributed by atoms with Crippen molar-refractivity contribution >= 4 is 23.2 Å². The van der Waals surface area contributed by atoms with Crippen molar-refractivity contribution in [3.63, 3.8) is 0 Å². The van der Waals surface area contributed by atoms with Gasteiger partial charge in [-0.25, -0.2) is 5.43 Å². The minimum Gasteiger partial charge on any atom is -0.497 e. The molecule has 0 saturated carbocycles. The molecule has 0 aliphatic carbocycles. The first-order valence-corrected chi connectivity index (χ1v) is 8.96. The van der Waals surface area contributed by atoms with Gasteiger partial charge in [0.2, 0.25) is 5.91 Å². The van der Waals surface area contributed by atoms with Gasteiger partial charge in [0, 0.05) is 5.69 Å². The highest BCUT2D eigenvalue weighted by Gasteiger charge is 2.09. The van der Waals surface area contributed by atoms with Crippen molar-refractivity contribution in [2.75, 3.05) is 12.4 Å². The number of benzene rings is 2. The Morgan fingerprint density at radius 3 is 2.38 bits per heavy atom. The van der Waals surface area contributed by atoms with Gasteiger partial charge < -0.3 is 14.5 Å². The second kappa shape index (κ2) is 9.36. The second-order valence-corrected chi connectivity index (χ2v) is 6.27. The number of hydrogen-bond acceptors (Lipinski definition) is 5. The van der Waals surface area contributed by atoms with Gasteiger partial charge in [0.25, 0.3) is 5.91 Å². The maximum atomic E-state index is 12.1. The number of rotatable bonds is 7. The molecule has 3 rings (SSSR count). The van der Waals surface area contributed by atoms with Crippen LogP contribution < -0.4 is 15.5 Å². The predicted molar refractivity (Wildman–Crippen MR) is 110 cm³/mol. The lowest BCUT2D eigenvalue weighted by Gasteiger charge is -2.06. The van der Waals surface area contributed by atoms with Crippen molar-refractivity contribution < 1.29 is 18.7 Å². The number of nitrogens with zero attached hydrogens (tertiary/aromatic N) is 1. The van der Waals surface area contributed by atoms with E-state index < -0.39 is 0 Å². The van der Waals surface area contributed by atoms with Gasteiger partial charge in [-0.3, -0.25) is 9.59 Å². The summed E-state index contributed by atoms with van der Waals surface area (Å²) in [5.41, 5.74) is 5.53. The highest BCUT2D eigenvalue weighted by atomic mass is 16.5. The summed E-state index contributed by atoms with van der Waals surface area (Å²) in [6.07, 6.45) is 1.67. The van der Waals surface area contributed by atoms with Gasteiger partial charge in [0.05, 0.1) is 25.5 Å². The van der Waals surface area contributed by atoms with Crippen molar-refractivity contribution in [2.24, 2.45) is 5.10 Å². The lowest BCUT2D eigenvalue weighted by atomic mass is 10.1. The number of amides is 2. The Kier molecular flexibility index (Phi) is 6.42. The lowest BCUT2D eigenvalue weighted by molar-refractivity contribution is -0.120. The summed E-state index contributed by atoms with van der Waals surface area (Å²) in [5.74, 6) is 0.453. The number of hydrogen-bond donors (Lipinski definition) is 2. The van der Waals surface area contributed by atoms with E-state index in [-0.39, 0.29) is 24.0 Å². The number of methoxy groups -OCH3 is 1. The fourth-order valence-corrected chi connectivity index (χ4v) is 2.57. The minimum absolute atomic E-state index is 0.211. The fraction of sp³-hybridized carbons (Fsp3) is 0.136. The van der Waals surface area contributed by atoms with Crippen LogP contribution in [-0.2, 0) is 11.2 Å². The van der Waals surface area contributed by atoms with E-state index in [9.17, 15) is 9.59 Å². The highest BCUT2D eigenvalue weighted by Crippen LogP contribution is 2.13. The molecule has 0 fully saturated rings. The minimum atomic E-state index is -0.320. The zero-order valence-electron chi connectivity index (χ0n) is 16.1. The molecule has 2 N–H and O–H groups in total. The lowest BCUT2D eigenvalue weighted by Crippen LogP contribution is -2.21. The molecule has 0 atom stereocenters. The van der Waals surface area contributed by atoms with E-state index in [4.69, 9.17) is 9.15 Å². The normalized spacial score (nSPS) is 11.0. The third-order valence-electron chi connectivity index (χ3n) is 4.18. The predicted octanol–water partition coefficient (Wildman–Crippen LogP) is 3.62. The Hall–Kier alpha value is -3.87. The van der Waals surface area contributed by atoms with Crippen LogP contribution in [0.3, 0.4) is 0 Å². The first-order chi connectivity index (χ1) is 14.0. The van der Waals surface area contributed by atoms with Crippen molar-refractivity contribution in [3.05, 3.63) is 83.8 Å². The Labute approximate surface area is 168 Å². The van der Waals surface area contributed by atoms with Crippen molar-refractivity contribution in [3.8, 4) is 5.75 Å². The average molecular weight is 391 g/mol. The smallest absolute Gasteiger partial charge is 0.291 e. The molecule has 2 aromatic carbocycles. The van der Waals surface area contributed by atoms with Gasteiger partial charge >= 0.3 is 0 Å². The first-order valence-electron chi connectivity index (χ1n) is 8.96. The van der Waals surface area contributed by atoms with Gasteiger partial charge in [-0.15, -0.1) is 0 Å². The monoisotopic (exact) mass is 391 g/mol. The second-order valence-electron chi connectivity index (χ2n) is 6.27. The van der Waals surface area contributed by atoms with Crippen LogP contribution in [0, 0.1) is 0 Å². The van der Waals surface area contributed by atoms with E-state index >= 15 is 0 Å². The maximum Gasteiger partial charge on any atom is 0.291 e. The summed E-state index contributed by atoms with van der Waals surface area (Å²) >= 11 is 0. The standard InChI is InChI=1S/C22H21N3O4/c1-15(24-25-21(26)14-16-5-11-19(28-2)12-6-16)17-7-9-18(10-8-17)23-22(27)20-4-3-13-29-20/h3-13H,14H2,1-2H3,(H,23,27)(H,25,26)/b24-15+. The molecule has 29 heavy (non-hydrogen) atoms. The van der Waals surface area contributed by atoms with Crippen LogP contribution in [0.25, 0.3) is 0 Å². The van der Waals surface area contributed by atoms with Gasteiger partial charge in [-0.2, -0.15) is 5.10 Å². The zero-order chi connectivity index (χ0) is 20.6. The zero-order valence-corrected chi connectivity index (χ0v) is 16.1. The first kappa shape index (κ1) is 19.9.